The molecule has 142 valence electrons. The van der Waals surface area contributed by atoms with Crippen molar-refractivity contribution in [3.05, 3.63) is 54.6 Å². The van der Waals surface area contributed by atoms with E-state index in [1.807, 2.05) is 0 Å². The smallest absolute Gasteiger partial charge is 0.411 e. The van der Waals surface area contributed by atoms with Gasteiger partial charge in [0.05, 0.1) is 15.5 Å². The van der Waals surface area contributed by atoms with E-state index in [2.05, 4.69) is 10.2 Å². The van der Waals surface area contributed by atoms with Crippen LogP contribution in [0.1, 0.15) is 12.8 Å². The second kappa shape index (κ2) is 7.32. The van der Waals surface area contributed by atoms with E-state index in [1.165, 1.54) is 18.2 Å². The van der Waals surface area contributed by atoms with Crippen LogP contribution in [0.3, 0.4) is 0 Å². The molecule has 0 spiro atoms. The van der Waals surface area contributed by atoms with Crippen LogP contribution in [0.15, 0.2) is 64.4 Å². The first kappa shape index (κ1) is 18.0. The summed E-state index contributed by atoms with van der Waals surface area (Å²) in [6, 6.07) is 14.6. The van der Waals surface area contributed by atoms with Gasteiger partial charge in [0, 0.05) is 6.54 Å². The molecule has 0 aromatic heterocycles. The maximum absolute atomic E-state index is 12.9. The molecular weight excluding hydrogens is 364 g/mol. The monoisotopic (exact) mass is 386 g/mol. The van der Waals surface area contributed by atoms with Crippen LogP contribution in [-0.2, 0) is 14.6 Å². The highest BCUT2D eigenvalue weighted by Crippen LogP contribution is 2.31. The maximum Gasteiger partial charge on any atom is 0.411 e. The summed E-state index contributed by atoms with van der Waals surface area (Å²) < 4.78 is 31.5. The number of nitrogens with zero attached hydrogens (tertiary/aromatic N) is 1. The minimum atomic E-state index is -3.74. The second-order valence-electron chi connectivity index (χ2n) is 7.02. The van der Waals surface area contributed by atoms with Crippen molar-refractivity contribution in [2.75, 3.05) is 25.0 Å². The first-order valence-electron chi connectivity index (χ1n) is 9.13. The van der Waals surface area contributed by atoms with Crippen molar-refractivity contribution in [2.45, 2.75) is 28.7 Å². The number of piperidine rings is 3. The van der Waals surface area contributed by atoms with Gasteiger partial charge in [0.15, 0.2) is 0 Å². The molecule has 7 heteroatoms. The number of para-hydroxylation sites is 1. The third-order valence-electron chi connectivity index (χ3n) is 5.32. The second-order valence-corrected chi connectivity index (χ2v) is 8.94. The first-order valence-corrected chi connectivity index (χ1v) is 10.6. The van der Waals surface area contributed by atoms with Gasteiger partial charge in [0.2, 0.25) is 9.84 Å². The van der Waals surface area contributed by atoms with Gasteiger partial charge in [-0.05, 0) is 56.1 Å². The average Bonchev–Trinajstić information content (AvgIpc) is 2.70. The van der Waals surface area contributed by atoms with Crippen molar-refractivity contribution in [1.82, 2.24) is 4.90 Å². The number of fused-ring (bicyclic) bond motifs is 3. The predicted octanol–water partition coefficient (Wildman–Crippen LogP) is 3.16. The topological polar surface area (TPSA) is 75.7 Å². The first-order chi connectivity index (χ1) is 13.0. The summed E-state index contributed by atoms with van der Waals surface area (Å²) in [5.74, 6) is 0.393. The Kier molecular flexibility index (Phi) is 4.88. The number of ether oxygens (including phenoxy) is 1. The van der Waals surface area contributed by atoms with Gasteiger partial charge in [-0.2, -0.15) is 0 Å². The fourth-order valence-electron chi connectivity index (χ4n) is 3.85. The molecule has 1 N–H and O–H groups in total. The fourth-order valence-corrected chi connectivity index (χ4v) is 5.29. The summed E-state index contributed by atoms with van der Waals surface area (Å²) in [4.78, 5) is 15.0. The van der Waals surface area contributed by atoms with E-state index in [0.29, 0.717) is 5.92 Å². The Morgan fingerprint density at radius 1 is 1.00 bits per heavy atom. The predicted molar refractivity (Wildman–Crippen MR) is 101 cm³/mol. The molecule has 3 aliphatic rings. The lowest BCUT2D eigenvalue weighted by Crippen LogP contribution is -2.52. The summed E-state index contributed by atoms with van der Waals surface area (Å²) in [6.07, 6.45) is 1.34. The Balaban J connectivity index is 1.52. The Labute approximate surface area is 159 Å². The number of carbonyl (C=O) groups is 1. The van der Waals surface area contributed by atoms with Crippen molar-refractivity contribution >= 4 is 21.6 Å². The van der Waals surface area contributed by atoms with Crippen molar-refractivity contribution in [2.24, 2.45) is 5.92 Å². The average molecular weight is 386 g/mol. The lowest BCUT2D eigenvalue weighted by Gasteiger charge is -2.43. The van der Waals surface area contributed by atoms with Crippen LogP contribution in [0, 0.1) is 5.92 Å². The molecule has 1 atom stereocenters. The van der Waals surface area contributed by atoms with Crippen molar-refractivity contribution in [3.8, 4) is 0 Å². The number of benzene rings is 2. The third-order valence-corrected chi connectivity index (χ3v) is 7.15. The molecule has 3 fully saturated rings. The van der Waals surface area contributed by atoms with Crippen LogP contribution in [0.25, 0.3) is 0 Å². The zero-order chi connectivity index (χ0) is 18.9. The van der Waals surface area contributed by atoms with Gasteiger partial charge in [-0.1, -0.05) is 30.3 Å². The maximum atomic E-state index is 12.9. The molecule has 2 aromatic rings. The number of hydrogen-bond donors (Lipinski definition) is 1. The molecular formula is C20H22N2O4S. The SMILES string of the molecule is O=C(Nc1ccccc1S(=O)(=O)c1ccccc1)OC1CN2CCC1CC2. The van der Waals surface area contributed by atoms with Crippen molar-refractivity contribution in [1.29, 1.82) is 0 Å². The normalized spacial score (nSPS) is 24.4. The molecule has 3 aliphatic heterocycles. The van der Waals surface area contributed by atoms with Gasteiger partial charge in [-0.25, -0.2) is 13.2 Å². The number of sulfone groups is 1. The molecule has 1 amide bonds. The van der Waals surface area contributed by atoms with Gasteiger partial charge in [-0.3, -0.25) is 10.2 Å². The van der Waals surface area contributed by atoms with E-state index in [9.17, 15) is 13.2 Å². The van der Waals surface area contributed by atoms with Crippen molar-refractivity contribution < 1.29 is 17.9 Å². The van der Waals surface area contributed by atoms with E-state index in [0.717, 1.165) is 32.5 Å². The largest absolute Gasteiger partial charge is 0.444 e. The van der Waals surface area contributed by atoms with E-state index >= 15 is 0 Å². The van der Waals surface area contributed by atoms with Crippen LogP contribution in [0.4, 0.5) is 10.5 Å². The molecule has 1 unspecified atom stereocenters. The Bertz CT molecular complexity index is 922. The van der Waals surface area contributed by atoms with Crippen LogP contribution in [0.5, 0.6) is 0 Å². The third kappa shape index (κ3) is 3.70. The molecule has 6 nitrogen and oxygen atoms in total. The summed E-state index contributed by atoms with van der Waals surface area (Å²) in [7, 11) is -3.74. The number of anilines is 1. The van der Waals surface area contributed by atoms with Crippen LogP contribution >= 0.6 is 0 Å². The molecule has 2 bridgehead atoms. The number of amides is 1. The zero-order valence-electron chi connectivity index (χ0n) is 14.9. The lowest BCUT2D eigenvalue weighted by atomic mass is 9.86. The Hall–Kier alpha value is -2.38. The minimum absolute atomic E-state index is 0.0575. The van der Waals surface area contributed by atoms with E-state index in [-0.39, 0.29) is 21.6 Å². The lowest BCUT2D eigenvalue weighted by molar-refractivity contribution is -0.0289. The molecule has 3 saturated heterocycles. The summed E-state index contributed by atoms with van der Waals surface area (Å²) in [6.45, 7) is 2.87. The van der Waals surface area contributed by atoms with Crippen LogP contribution in [-0.4, -0.2) is 45.1 Å². The number of rotatable bonds is 4. The number of hydrogen-bond acceptors (Lipinski definition) is 5. The molecule has 0 saturated carbocycles. The summed E-state index contributed by atoms with van der Waals surface area (Å²) in [5.41, 5.74) is 0.229. The van der Waals surface area contributed by atoms with E-state index in [4.69, 9.17) is 4.74 Å². The molecule has 27 heavy (non-hydrogen) atoms. The van der Waals surface area contributed by atoms with Gasteiger partial charge in [0.1, 0.15) is 6.10 Å². The number of nitrogens with one attached hydrogen (secondary N) is 1. The van der Waals surface area contributed by atoms with Crippen molar-refractivity contribution in [3.63, 3.8) is 0 Å². The quantitative estimate of drug-likeness (QED) is 0.874. The Morgan fingerprint density at radius 3 is 2.33 bits per heavy atom. The molecule has 0 aliphatic carbocycles. The highest BCUT2D eigenvalue weighted by Gasteiger charge is 2.36. The highest BCUT2D eigenvalue weighted by molar-refractivity contribution is 7.91. The molecule has 3 heterocycles. The van der Waals surface area contributed by atoms with Gasteiger partial charge in [-0.15, -0.1) is 0 Å². The molecule has 0 radical (unpaired) electrons. The summed E-state index contributed by atoms with van der Waals surface area (Å²) in [5, 5.41) is 2.63. The molecule has 5 rings (SSSR count). The number of carbonyl (C=O) groups excluding carboxylic acids is 1. The minimum Gasteiger partial charge on any atom is -0.444 e. The highest BCUT2D eigenvalue weighted by atomic mass is 32.2. The van der Waals surface area contributed by atoms with Gasteiger partial charge < -0.3 is 4.74 Å². The zero-order valence-corrected chi connectivity index (χ0v) is 15.7. The standard InChI is InChI=1S/C20H22N2O4S/c23-20(26-18-14-22-12-10-15(18)11-13-22)21-17-8-4-5-9-19(17)27(24,25)16-6-2-1-3-7-16/h1-9,15,18H,10-14H2,(H,21,23). The van der Waals surface area contributed by atoms with Gasteiger partial charge in [0.25, 0.3) is 0 Å². The Morgan fingerprint density at radius 2 is 1.67 bits per heavy atom. The van der Waals surface area contributed by atoms with Gasteiger partial charge >= 0.3 is 6.09 Å². The van der Waals surface area contributed by atoms with E-state index in [1.54, 1.807) is 36.4 Å². The van der Waals surface area contributed by atoms with Crippen LogP contribution in [0.2, 0.25) is 0 Å². The van der Waals surface area contributed by atoms with E-state index < -0.39 is 15.9 Å². The fraction of sp³-hybridized carbons (Fsp3) is 0.350. The molecule has 2 aromatic carbocycles. The van der Waals surface area contributed by atoms with Crippen LogP contribution < -0.4 is 5.32 Å². The summed E-state index contributed by atoms with van der Waals surface area (Å²) >= 11 is 0.